The minimum atomic E-state index is -2.13. The van der Waals surface area contributed by atoms with Crippen molar-refractivity contribution in [1.29, 1.82) is 0 Å². The summed E-state index contributed by atoms with van der Waals surface area (Å²) in [6, 6.07) is 1.55. The van der Waals surface area contributed by atoms with Gasteiger partial charge in [0.05, 0.1) is 8.55 Å². The van der Waals surface area contributed by atoms with Crippen molar-refractivity contribution in [2.75, 3.05) is 0 Å². The zero-order valence-electron chi connectivity index (χ0n) is 6.09. The van der Waals surface area contributed by atoms with Gasteiger partial charge < -0.3 is 4.55 Å². The Morgan fingerprint density at radius 2 is 2.27 bits per heavy atom. The molecule has 0 spiro atoms. The molecular weight excluding hydrogens is 215 g/mol. The summed E-state index contributed by atoms with van der Waals surface area (Å²) in [6.07, 6.45) is 0. The van der Waals surface area contributed by atoms with Crippen LogP contribution in [0.2, 0.25) is 4.34 Å². The second kappa shape index (κ2) is 4.97. The molecule has 11 heavy (non-hydrogen) atoms. The molecule has 2 nitrogen and oxygen atoms in total. The van der Waals surface area contributed by atoms with Crippen LogP contribution in [0.3, 0.4) is 0 Å². The SMILES string of the molecule is Cc1cc(S(=O)[O-])sc1Cl.[Na+]. The van der Waals surface area contributed by atoms with Crippen LogP contribution in [0.5, 0.6) is 0 Å². The van der Waals surface area contributed by atoms with Gasteiger partial charge in [-0.3, -0.25) is 4.21 Å². The van der Waals surface area contributed by atoms with Gasteiger partial charge in [-0.25, -0.2) is 0 Å². The van der Waals surface area contributed by atoms with Crippen LogP contribution >= 0.6 is 22.9 Å². The average molecular weight is 219 g/mol. The summed E-state index contributed by atoms with van der Waals surface area (Å²) in [5.74, 6) is 0. The maximum absolute atomic E-state index is 10.3. The first-order valence-corrected chi connectivity index (χ1v) is 4.73. The quantitative estimate of drug-likeness (QED) is 0.446. The van der Waals surface area contributed by atoms with Crippen molar-refractivity contribution in [3.05, 3.63) is 16.0 Å². The van der Waals surface area contributed by atoms with Gasteiger partial charge in [-0.05, 0) is 29.6 Å². The topological polar surface area (TPSA) is 40.1 Å². The molecule has 1 aromatic heterocycles. The van der Waals surface area contributed by atoms with Gasteiger partial charge in [0.1, 0.15) is 0 Å². The Kier molecular flexibility index (Phi) is 5.46. The second-order valence-corrected chi connectivity index (χ2v) is 4.58. The van der Waals surface area contributed by atoms with Crippen LogP contribution in [0.25, 0.3) is 0 Å². The Hall–Kier alpha value is 1.10. The van der Waals surface area contributed by atoms with Gasteiger partial charge in [-0.15, -0.1) is 11.3 Å². The maximum Gasteiger partial charge on any atom is 1.00 e. The number of aryl methyl sites for hydroxylation is 1. The van der Waals surface area contributed by atoms with E-state index < -0.39 is 11.1 Å². The summed E-state index contributed by atoms with van der Waals surface area (Å²) in [7, 11) is 0. The molecule has 0 amide bonds. The van der Waals surface area contributed by atoms with Crippen molar-refractivity contribution in [2.24, 2.45) is 0 Å². The van der Waals surface area contributed by atoms with E-state index >= 15 is 0 Å². The molecule has 1 aromatic rings. The van der Waals surface area contributed by atoms with Crippen molar-refractivity contribution in [3.8, 4) is 0 Å². The molecule has 0 aliphatic rings. The Morgan fingerprint density at radius 3 is 2.45 bits per heavy atom. The minimum absolute atomic E-state index is 0. The number of thiophene rings is 1. The van der Waals surface area contributed by atoms with Crippen LogP contribution in [-0.2, 0) is 11.1 Å². The third-order valence-electron chi connectivity index (χ3n) is 0.999. The summed E-state index contributed by atoms with van der Waals surface area (Å²) in [5, 5.41) is 0. The van der Waals surface area contributed by atoms with Crippen LogP contribution in [0, 0.1) is 6.92 Å². The van der Waals surface area contributed by atoms with Gasteiger partial charge in [0.25, 0.3) is 0 Å². The van der Waals surface area contributed by atoms with Crippen molar-refractivity contribution >= 4 is 34.0 Å². The average Bonchev–Trinajstić information content (AvgIpc) is 2.13. The van der Waals surface area contributed by atoms with E-state index in [1.165, 1.54) is 0 Å². The number of halogens is 1. The molecule has 0 fully saturated rings. The smallest absolute Gasteiger partial charge is 0.768 e. The Balaban J connectivity index is 0.000001000. The first-order chi connectivity index (χ1) is 4.61. The van der Waals surface area contributed by atoms with Gasteiger partial charge in [0.15, 0.2) is 0 Å². The Morgan fingerprint density at radius 1 is 1.73 bits per heavy atom. The molecule has 1 unspecified atom stereocenters. The van der Waals surface area contributed by atoms with E-state index in [2.05, 4.69) is 0 Å². The van der Waals surface area contributed by atoms with Crippen LogP contribution in [0.4, 0.5) is 0 Å². The molecule has 0 N–H and O–H groups in total. The van der Waals surface area contributed by atoms with Gasteiger partial charge in [0, 0.05) is 0 Å². The standard InChI is InChI=1S/C5H5ClO2S2.Na/c1-3-2-4(10(7)8)9-5(3)6;/h2H,1H3,(H,7,8);/q;+1/p-1. The first-order valence-electron chi connectivity index (χ1n) is 2.46. The number of rotatable bonds is 1. The maximum atomic E-state index is 10.3. The summed E-state index contributed by atoms with van der Waals surface area (Å²) in [4.78, 5) is 0. The summed E-state index contributed by atoms with van der Waals surface area (Å²) >= 11 is 4.56. The second-order valence-electron chi connectivity index (χ2n) is 1.76. The van der Waals surface area contributed by atoms with E-state index in [0.717, 1.165) is 16.9 Å². The monoisotopic (exact) mass is 218 g/mol. The molecular formula is C5H4ClNaO2S2. The summed E-state index contributed by atoms with van der Waals surface area (Å²) in [6.45, 7) is 1.77. The fraction of sp³-hybridized carbons (Fsp3) is 0.200. The first kappa shape index (κ1) is 12.1. The van der Waals surface area contributed by atoms with Gasteiger partial charge in [-0.1, -0.05) is 11.6 Å². The predicted molar refractivity (Wildman–Crippen MR) is 41.3 cm³/mol. The molecule has 0 radical (unpaired) electrons. The summed E-state index contributed by atoms with van der Waals surface area (Å²) < 4.78 is 21.5. The minimum Gasteiger partial charge on any atom is -0.768 e. The zero-order chi connectivity index (χ0) is 7.72. The van der Waals surface area contributed by atoms with Crippen molar-refractivity contribution in [3.63, 3.8) is 0 Å². The fourth-order valence-corrected chi connectivity index (χ4v) is 2.38. The molecule has 0 aliphatic heterocycles. The number of hydrogen-bond donors (Lipinski definition) is 0. The van der Waals surface area contributed by atoms with E-state index in [4.69, 9.17) is 11.6 Å². The van der Waals surface area contributed by atoms with Crippen molar-refractivity contribution in [2.45, 2.75) is 11.1 Å². The molecule has 6 heteroatoms. The molecule has 0 saturated carbocycles. The summed E-state index contributed by atoms with van der Waals surface area (Å²) in [5.41, 5.74) is 0.811. The third kappa shape index (κ3) is 3.14. The normalized spacial score (nSPS) is 12.3. The molecule has 1 heterocycles. The fourth-order valence-electron chi connectivity index (χ4n) is 0.514. The Labute approximate surface area is 98.5 Å². The van der Waals surface area contributed by atoms with E-state index in [1.54, 1.807) is 13.0 Å². The molecule has 0 bridgehead atoms. The van der Waals surface area contributed by atoms with Crippen LogP contribution < -0.4 is 29.6 Å². The predicted octanol–water partition coefficient (Wildman–Crippen LogP) is -1.05. The van der Waals surface area contributed by atoms with Gasteiger partial charge in [0.2, 0.25) is 0 Å². The van der Waals surface area contributed by atoms with Gasteiger partial charge >= 0.3 is 29.6 Å². The van der Waals surface area contributed by atoms with E-state index in [9.17, 15) is 8.76 Å². The van der Waals surface area contributed by atoms with E-state index in [1.807, 2.05) is 0 Å². The van der Waals surface area contributed by atoms with Crippen LogP contribution in [0.1, 0.15) is 5.56 Å². The molecule has 1 rings (SSSR count). The van der Waals surface area contributed by atoms with Crippen LogP contribution in [-0.4, -0.2) is 8.76 Å². The van der Waals surface area contributed by atoms with E-state index in [-0.39, 0.29) is 29.6 Å². The third-order valence-corrected chi connectivity index (χ3v) is 3.45. The van der Waals surface area contributed by atoms with Gasteiger partial charge in [-0.2, -0.15) is 0 Å². The molecule has 1 atom stereocenters. The largest absolute Gasteiger partial charge is 1.00 e. The van der Waals surface area contributed by atoms with Crippen molar-refractivity contribution < 1.29 is 38.3 Å². The molecule has 56 valence electrons. The molecule has 0 aromatic carbocycles. The van der Waals surface area contributed by atoms with Crippen molar-refractivity contribution in [1.82, 2.24) is 0 Å². The molecule has 0 saturated heterocycles. The number of hydrogen-bond acceptors (Lipinski definition) is 3. The van der Waals surface area contributed by atoms with E-state index in [0.29, 0.717) is 8.55 Å². The zero-order valence-corrected chi connectivity index (χ0v) is 10.5. The Bertz CT molecular complexity index is 254. The van der Waals surface area contributed by atoms with Crippen LogP contribution in [0.15, 0.2) is 10.3 Å². The molecule has 0 aliphatic carbocycles.